The summed E-state index contributed by atoms with van der Waals surface area (Å²) in [6.07, 6.45) is 5.07. The van der Waals surface area contributed by atoms with E-state index in [0.717, 1.165) is 37.6 Å². The van der Waals surface area contributed by atoms with Crippen LogP contribution in [0.25, 0.3) is 0 Å². The van der Waals surface area contributed by atoms with Crippen molar-refractivity contribution < 1.29 is 9.47 Å². The van der Waals surface area contributed by atoms with E-state index in [9.17, 15) is 0 Å². The van der Waals surface area contributed by atoms with Crippen molar-refractivity contribution >= 4 is 0 Å². The number of ether oxygens (including phenoxy) is 2. The van der Waals surface area contributed by atoms with Crippen molar-refractivity contribution in [1.82, 2.24) is 14.9 Å². The smallest absolute Gasteiger partial charge is 0.231 e. The lowest BCUT2D eigenvalue weighted by molar-refractivity contribution is 0.174. The van der Waals surface area contributed by atoms with Gasteiger partial charge in [-0.05, 0) is 30.7 Å². The Morgan fingerprint density at radius 2 is 2.24 bits per heavy atom. The highest BCUT2D eigenvalue weighted by molar-refractivity contribution is 5.44. The van der Waals surface area contributed by atoms with Crippen molar-refractivity contribution in [2.24, 2.45) is 0 Å². The number of hydrogen-bond acceptors (Lipinski definition) is 4. The van der Waals surface area contributed by atoms with E-state index < -0.39 is 0 Å². The molecule has 1 N–H and O–H groups in total. The molecule has 21 heavy (non-hydrogen) atoms. The zero-order valence-electron chi connectivity index (χ0n) is 12.1. The van der Waals surface area contributed by atoms with E-state index in [1.165, 1.54) is 11.3 Å². The highest BCUT2D eigenvalue weighted by Crippen LogP contribution is 2.34. The molecule has 5 heteroatoms. The van der Waals surface area contributed by atoms with Gasteiger partial charge in [-0.2, -0.15) is 0 Å². The number of fused-ring (bicyclic) bond motifs is 1. The molecule has 4 rings (SSSR count). The first-order valence-corrected chi connectivity index (χ1v) is 7.34. The van der Waals surface area contributed by atoms with Crippen LogP contribution in [0.5, 0.6) is 11.5 Å². The van der Waals surface area contributed by atoms with Gasteiger partial charge in [-0.3, -0.25) is 0 Å². The van der Waals surface area contributed by atoms with Crippen molar-refractivity contribution in [3.63, 3.8) is 0 Å². The first kappa shape index (κ1) is 12.7. The lowest BCUT2D eigenvalue weighted by Gasteiger charge is -2.24. The fraction of sp³-hybridized carbons (Fsp3) is 0.438. The van der Waals surface area contributed by atoms with Gasteiger partial charge in [0.15, 0.2) is 11.5 Å². The predicted molar refractivity (Wildman–Crippen MR) is 78.7 cm³/mol. The van der Waals surface area contributed by atoms with Crippen molar-refractivity contribution in [1.29, 1.82) is 0 Å². The molecule has 0 saturated carbocycles. The van der Waals surface area contributed by atoms with Crippen LogP contribution >= 0.6 is 0 Å². The summed E-state index contributed by atoms with van der Waals surface area (Å²) in [5, 5.41) is 3.45. The van der Waals surface area contributed by atoms with Crippen molar-refractivity contribution in [3.8, 4) is 11.5 Å². The third-order valence-electron chi connectivity index (χ3n) is 4.49. The Kier molecular flexibility index (Phi) is 2.89. The third kappa shape index (κ3) is 2.17. The predicted octanol–water partition coefficient (Wildman–Crippen LogP) is 1.91. The Bertz CT molecular complexity index is 659. The molecule has 2 aliphatic heterocycles. The van der Waals surface area contributed by atoms with Crippen molar-refractivity contribution in [2.75, 3.05) is 19.9 Å². The molecule has 0 aliphatic carbocycles. The SMILES string of the molecule is CC1(c2cncn2Cc2ccc3c(c2)OCO3)CCNC1. The van der Waals surface area contributed by atoms with Gasteiger partial charge in [-0.1, -0.05) is 13.0 Å². The van der Waals surface area contributed by atoms with Crippen LogP contribution in [0.15, 0.2) is 30.7 Å². The monoisotopic (exact) mass is 285 g/mol. The first-order valence-electron chi connectivity index (χ1n) is 7.34. The van der Waals surface area contributed by atoms with Crippen LogP contribution < -0.4 is 14.8 Å². The van der Waals surface area contributed by atoms with Gasteiger partial charge in [-0.25, -0.2) is 4.98 Å². The highest BCUT2D eigenvalue weighted by Gasteiger charge is 2.33. The van der Waals surface area contributed by atoms with Gasteiger partial charge < -0.3 is 19.4 Å². The summed E-state index contributed by atoms with van der Waals surface area (Å²) in [4.78, 5) is 4.36. The van der Waals surface area contributed by atoms with E-state index in [1.807, 2.05) is 18.6 Å². The summed E-state index contributed by atoms with van der Waals surface area (Å²) in [5.41, 5.74) is 2.67. The molecule has 1 aromatic heterocycles. The number of nitrogens with zero attached hydrogens (tertiary/aromatic N) is 2. The summed E-state index contributed by atoms with van der Waals surface area (Å²) >= 11 is 0. The second kappa shape index (κ2) is 4.77. The molecule has 0 amide bonds. The number of benzene rings is 1. The van der Waals surface area contributed by atoms with Crippen LogP contribution in [-0.2, 0) is 12.0 Å². The molecule has 0 bridgehead atoms. The number of nitrogens with one attached hydrogen (secondary N) is 1. The summed E-state index contributed by atoms with van der Waals surface area (Å²) in [5.74, 6) is 1.67. The molecule has 2 aromatic rings. The topological polar surface area (TPSA) is 48.3 Å². The molecule has 1 fully saturated rings. The van der Waals surface area contributed by atoms with Gasteiger partial charge in [0.2, 0.25) is 6.79 Å². The van der Waals surface area contributed by atoms with E-state index in [2.05, 4.69) is 33.9 Å². The Morgan fingerprint density at radius 1 is 1.33 bits per heavy atom. The number of imidazole rings is 1. The van der Waals surface area contributed by atoms with E-state index in [0.29, 0.717) is 6.79 Å². The van der Waals surface area contributed by atoms with Gasteiger partial charge in [0.1, 0.15) is 0 Å². The maximum Gasteiger partial charge on any atom is 0.231 e. The quantitative estimate of drug-likeness (QED) is 0.936. The minimum absolute atomic E-state index is 0.173. The Hall–Kier alpha value is -2.01. The zero-order valence-corrected chi connectivity index (χ0v) is 12.1. The minimum Gasteiger partial charge on any atom is -0.454 e. The van der Waals surface area contributed by atoms with Crippen LogP contribution in [0, 0.1) is 0 Å². The maximum atomic E-state index is 5.45. The average molecular weight is 285 g/mol. The standard InChI is InChI=1S/C16H19N3O2/c1-16(4-5-17-9-16)15-7-18-10-19(15)8-12-2-3-13-14(6-12)21-11-20-13/h2-3,6-7,10,17H,4-5,8-9,11H2,1H3. The van der Waals surface area contributed by atoms with Crippen molar-refractivity contribution in [2.45, 2.75) is 25.3 Å². The molecule has 3 heterocycles. The Morgan fingerprint density at radius 3 is 3.10 bits per heavy atom. The normalized spacial score (nSPS) is 23.7. The van der Waals surface area contributed by atoms with Gasteiger partial charge in [0.05, 0.1) is 6.33 Å². The number of aromatic nitrogens is 2. The maximum absolute atomic E-state index is 5.45. The Balaban J connectivity index is 1.62. The molecule has 5 nitrogen and oxygen atoms in total. The average Bonchev–Trinajstić information content (AvgIpc) is 3.18. The fourth-order valence-corrected chi connectivity index (χ4v) is 3.22. The molecule has 1 saturated heterocycles. The molecule has 1 atom stereocenters. The lowest BCUT2D eigenvalue weighted by Crippen LogP contribution is -2.28. The minimum atomic E-state index is 0.173. The molecular formula is C16H19N3O2. The van der Waals surface area contributed by atoms with Gasteiger partial charge in [0.25, 0.3) is 0 Å². The van der Waals surface area contributed by atoms with E-state index >= 15 is 0 Å². The number of rotatable bonds is 3. The largest absolute Gasteiger partial charge is 0.454 e. The lowest BCUT2D eigenvalue weighted by atomic mass is 9.86. The Labute approximate surface area is 123 Å². The second-order valence-electron chi connectivity index (χ2n) is 6.08. The summed E-state index contributed by atoms with van der Waals surface area (Å²) in [6, 6.07) is 6.13. The molecule has 0 radical (unpaired) electrons. The van der Waals surface area contributed by atoms with E-state index in [1.54, 1.807) is 0 Å². The molecular weight excluding hydrogens is 266 g/mol. The van der Waals surface area contributed by atoms with Crippen molar-refractivity contribution in [3.05, 3.63) is 42.0 Å². The zero-order chi connectivity index (χ0) is 14.3. The van der Waals surface area contributed by atoms with E-state index in [-0.39, 0.29) is 5.41 Å². The first-order chi connectivity index (χ1) is 10.2. The van der Waals surface area contributed by atoms with E-state index in [4.69, 9.17) is 9.47 Å². The second-order valence-corrected chi connectivity index (χ2v) is 6.08. The van der Waals surface area contributed by atoms with Gasteiger partial charge in [-0.15, -0.1) is 0 Å². The fourth-order valence-electron chi connectivity index (χ4n) is 3.22. The van der Waals surface area contributed by atoms with Gasteiger partial charge >= 0.3 is 0 Å². The van der Waals surface area contributed by atoms with Crippen LogP contribution in [0.1, 0.15) is 24.6 Å². The van der Waals surface area contributed by atoms with Gasteiger partial charge in [0, 0.05) is 30.4 Å². The van der Waals surface area contributed by atoms with Crippen LogP contribution in [0.2, 0.25) is 0 Å². The molecule has 110 valence electrons. The molecule has 1 aromatic carbocycles. The van der Waals surface area contributed by atoms with Crippen LogP contribution in [-0.4, -0.2) is 29.4 Å². The summed E-state index contributed by atoms with van der Waals surface area (Å²) < 4.78 is 13.1. The summed E-state index contributed by atoms with van der Waals surface area (Å²) in [7, 11) is 0. The molecule has 2 aliphatic rings. The third-order valence-corrected chi connectivity index (χ3v) is 4.49. The summed E-state index contributed by atoms with van der Waals surface area (Å²) in [6.45, 7) is 5.52. The number of hydrogen-bond donors (Lipinski definition) is 1. The molecule has 1 unspecified atom stereocenters. The van der Waals surface area contributed by atoms with Crippen LogP contribution in [0.4, 0.5) is 0 Å². The molecule has 0 spiro atoms. The highest BCUT2D eigenvalue weighted by atomic mass is 16.7. The van der Waals surface area contributed by atoms with Crippen LogP contribution in [0.3, 0.4) is 0 Å².